The number of hydrogen-bond donors (Lipinski definition) is 1. The summed E-state index contributed by atoms with van der Waals surface area (Å²) in [5.74, 6) is 0.482. The van der Waals surface area contributed by atoms with E-state index in [-0.39, 0.29) is 12.0 Å². The minimum absolute atomic E-state index is 0.131. The highest BCUT2D eigenvalue weighted by atomic mass is 16.3. The summed E-state index contributed by atoms with van der Waals surface area (Å²) in [5, 5.41) is 9.90. The maximum atomic E-state index is 12.5. The first kappa shape index (κ1) is 15.0. The van der Waals surface area contributed by atoms with Crippen LogP contribution in [0.4, 0.5) is 0 Å². The zero-order chi connectivity index (χ0) is 14.7. The van der Waals surface area contributed by atoms with Gasteiger partial charge in [-0.25, -0.2) is 0 Å². The Bertz CT molecular complexity index is 476. The van der Waals surface area contributed by atoms with E-state index in [9.17, 15) is 9.90 Å². The van der Waals surface area contributed by atoms with E-state index in [1.165, 1.54) is 5.56 Å². The summed E-state index contributed by atoms with van der Waals surface area (Å²) in [7, 11) is 0. The normalized spacial score (nSPS) is 18.1. The lowest BCUT2D eigenvalue weighted by molar-refractivity contribution is 0.0453. The van der Waals surface area contributed by atoms with Gasteiger partial charge in [0.1, 0.15) is 0 Å². The molecule has 1 aromatic carbocycles. The predicted octanol–water partition coefficient (Wildman–Crippen LogP) is 2.93. The molecule has 0 aliphatic carbocycles. The van der Waals surface area contributed by atoms with E-state index in [0.717, 1.165) is 43.5 Å². The molecule has 0 bridgehead atoms. The van der Waals surface area contributed by atoms with Gasteiger partial charge < -0.3 is 10.0 Å². The lowest BCUT2D eigenvalue weighted by Crippen LogP contribution is -2.41. The summed E-state index contributed by atoms with van der Waals surface area (Å²) in [4.78, 5) is 14.5. The summed E-state index contributed by atoms with van der Waals surface area (Å²) in [5.41, 5.74) is 3.04. The third-order valence-corrected chi connectivity index (χ3v) is 4.40. The van der Waals surface area contributed by atoms with Crippen molar-refractivity contribution in [2.75, 3.05) is 13.1 Å². The number of hydrogen-bond acceptors (Lipinski definition) is 2. The fraction of sp³-hybridized carbons (Fsp3) is 0.588. The largest absolute Gasteiger partial charge is 0.393 e. The molecule has 1 unspecified atom stereocenters. The molecule has 1 aromatic rings. The molecule has 3 nitrogen and oxygen atoms in total. The molecule has 0 saturated carbocycles. The van der Waals surface area contributed by atoms with Crippen LogP contribution >= 0.6 is 0 Å². The summed E-state index contributed by atoms with van der Waals surface area (Å²) in [6.45, 7) is 7.56. The molecule has 2 rings (SSSR count). The number of rotatable bonds is 3. The topological polar surface area (TPSA) is 40.5 Å². The van der Waals surface area contributed by atoms with Gasteiger partial charge >= 0.3 is 0 Å². The second kappa shape index (κ2) is 6.40. The van der Waals surface area contributed by atoms with Crippen LogP contribution in [0.5, 0.6) is 0 Å². The first-order valence-corrected chi connectivity index (χ1v) is 7.57. The number of nitrogens with zero attached hydrogens (tertiary/aromatic N) is 1. The molecule has 1 amide bonds. The Kier molecular flexibility index (Phi) is 4.81. The van der Waals surface area contributed by atoms with Gasteiger partial charge in [-0.1, -0.05) is 24.6 Å². The van der Waals surface area contributed by atoms with Crippen molar-refractivity contribution in [3.8, 4) is 0 Å². The van der Waals surface area contributed by atoms with Crippen molar-refractivity contribution in [3.63, 3.8) is 0 Å². The molecule has 0 radical (unpaired) electrons. The number of aliphatic hydroxyl groups is 1. The van der Waals surface area contributed by atoms with Crippen molar-refractivity contribution in [3.05, 3.63) is 34.9 Å². The van der Waals surface area contributed by atoms with Gasteiger partial charge in [-0.3, -0.25) is 4.79 Å². The second-order valence-corrected chi connectivity index (χ2v) is 5.92. The van der Waals surface area contributed by atoms with E-state index < -0.39 is 0 Å². The number of amides is 1. The van der Waals surface area contributed by atoms with Crippen LogP contribution in [0.25, 0.3) is 0 Å². The van der Waals surface area contributed by atoms with E-state index >= 15 is 0 Å². The van der Waals surface area contributed by atoms with E-state index in [1.54, 1.807) is 0 Å². The second-order valence-electron chi connectivity index (χ2n) is 5.92. The van der Waals surface area contributed by atoms with Crippen LogP contribution in [0.15, 0.2) is 18.2 Å². The highest BCUT2D eigenvalue weighted by Gasteiger charge is 2.27. The Hall–Kier alpha value is -1.35. The Morgan fingerprint density at radius 1 is 1.35 bits per heavy atom. The average Bonchev–Trinajstić information content (AvgIpc) is 2.46. The molecule has 1 N–H and O–H groups in total. The minimum atomic E-state index is -0.214. The molecule has 0 spiro atoms. The third-order valence-electron chi connectivity index (χ3n) is 4.40. The minimum Gasteiger partial charge on any atom is -0.393 e. The maximum absolute atomic E-state index is 12.5. The van der Waals surface area contributed by atoms with Crippen LogP contribution in [0, 0.1) is 19.8 Å². The Morgan fingerprint density at radius 2 is 2.00 bits per heavy atom. The van der Waals surface area contributed by atoms with Gasteiger partial charge in [0.2, 0.25) is 0 Å². The molecule has 3 heteroatoms. The standard InChI is InChI=1S/C17H25NO2/c1-4-16(19)14-7-9-18(10-8-14)17(20)15-6-5-12(2)11-13(15)3/h5-6,11,14,16,19H,4,7-10H2,1-3H3. The fourth-order valence-corrected chi connectivity index (χ4v) is 3.04. The summed E-state index contributed by atoms with van der Waals surface area (Å²) in [6, 6.07) is 5.98. The average molecular weight is 275 g/mol. The van der Waals surface area contributed by atoms with Crippen LogP contribution in [-0.2, 0) is 0 Å². The molecule has 1 aliphatic heterocycles. The molecule has 0 aromatic heterocycles. The maximum Gasteiger partial charge on any atom is 0.254 e. The molecule has 1 heterocycles. The van der Waals surface area contributed by atoms with E-state index in [2.05, 4.69) is 6.07 Å². The molecular weight excluding hydrogens is 250 g/mol. The Balaban J connectivity index is 2.01. The van der Waals surface area contributed by atoms with Crippen LogP contribution in [0.2, 0.25) is 0 Å². The molecule has 110 valence electrons. The first-order chi connectivity index (χ1) is 9.52. The lowest BCUT2D eigenvalue weighted by Gasteiger charge is -2.34. The van der Waals surface area contributed by atoms with Gasteiger partial charge in [-0.05, 0) is 50.7 Å². The van der Waals surface area contributed by atoms with Crippen molar-refractivity contribution in [2.24, 2.45) is 5.92 Å². The summed E-state index contributed by atoms with van der Waals surface area (Å²) < 4.78 is 0. The highest BCUT2D eigenvalue weighted by molar-refractivity contribution is 5.95. The van der Waals surface area contributed by atoms with Crippen LogP contribution in [-0.4, -0.2) is 35.1 Å². The zero-order valence-electron chi connectivity index (χ0n) is 12.7. The molecule has 1 aliphatic rings. The van der Waals surface area contributed by atoms with E-state index in [4.69, 9.17) is 0 Å². The number of carbonyl (C=O) groups is 1. The van der Waals surface area contributed by atoms with Gasteiger partial charge in [0.25, 0.3) is 5.91 Å². The fourth-order valence-electron chi connectivity index (χ4n) is 3.04. The third kappa shape index (κ3) is 3.21. The van der Waals surface area contributed by atoms with Gasteiger partial charge in [0.15, 0.2) is 0 Å². The molecule has 1 atom stereocenters. The number of likely N-dealkylation sites (tertiary alicyclic amines) is 1. The van der Waals surface area contributed by atoms with Crippen molar-refractivity contribution < 1.29 is 9.90 Å². The summed E-state index contributed by atoms with van der Waals surface area (Å²) in [6.07, 6.45) is 2.40. The Morgan fingerprint density at radius 3 is 2.55 bits per heavy atom. The molecule has 20 heavy (non-hydrogen) atoms. The summed E-state index contributed by atoms with van der Waals surface area (Å²) >= 11 is 0. The van der Waals surface area contributed by atoms with Gasteiger partial charge in [0.05, 0.1) is 6.10 Å². The number of benzene rings is 1. The number of aryl methyl sites for hydroxylation is 2. The van der Waals surface area contributed by atoms with Crippen molar-refractivity contribution in [1.29, 1.82) is 0 Å². The number of carbonyl (C=O) groups excluding carboxylic acids is 1. The van der Waals surface area contributed by atoms with Crippen LogP contribution in [0.1, 0.15) is 47.7 Å². The molecule has 1 fully saturated rings. The zero-order valence-corrected chi connectivity index (χ0v) is 12.7. The van der Waals surface area contributed by atoms with Crippen LogP contribution in [0.3, 0.4) is 0 Å². The quantitative estimate of drug-likeness (QED) is 0.921. The van der Waals surface area contributed by atoms with E-state index in [1.807, 2.05) is 37.8 Å². The van der Waals surface area contributed by atoms with E-state index in [0.29, 0.717) is 5.92 Å². The lowest BCUT2D eigenvalue weighted by atomic mass is 9.89. The SMILES string of the molecule is CCC(O)C1CCN(C(=O)c2ccc(C)cc2C)CC1. The smallest absolute Gasteiger partial charge is 0.254 e. The van der Waals surface area contributed by atoms with Crippen molar-refractivity contribution >= 4 is 5.91 Å². The van der Waals surface area contributed by atoms with Gasteiger partial charge in [0, 0.05) is 18.7 Å². The predicted molar refractivity (Wildman–Crippen MR) is 80.8 cm³/mol. The number of aliphatic hydroxyl groups excluding tert-OH is 1. The highest BCUT2D eigenvalue weighted by Crippen LogP contribution is 2.24. The molecule has 1 saturated heterocycles. The monoisotopic (exact) mass is 275 g/mol. The molecular formula is C17H25NO2. The van der Waals surface area contributed by atoms with Crippen molar-refractivity contribution in [2.45, 2.75) is 46.1 Å². The van der Waals surface area contributed by atoms with Crippen molar-refractivity contribution in [1.82, 2.24) is 4.90 Å². The van der Waals surface area contributed by atoms with Gasteiger partial charge in [-0.2, -0.15) is 0 Å². The Labute approximate surface area is 121 Å². The van der Waals surface area contributed by atoms with Gasteiger partial charge in [-0.15, -0.1) is 0 Å². The number of piperidine rings is 1. The van der Waals surface area contributed by atoms with Crippen LogP contribution < -0.4 is 0 Å². The first-order valence-electron chi connectivity index (χ1n) is 7.57.